The minimum absolute atomic E-state index is 0.138. The van der Waals surface area contributed by atoms with Crippen molar-refractivity contribution in [3.05, 3.63) is 52.3 Å². The summed E-state index contributed by atoms with van der Waals surface area (Å²) in [6.07, 6.45) is 4.12. The number of carbonyl (C=O) groups excluding carboxylic acids is 1. The zero-order valence-corrected chi connectivity index (χ0v) is 18.6. The molecule has 168 valence electrons. The maximum Gasteiger partial charge on any atom is 0.232 e. The smallest absolute Gasteiger partial charge is 0.232 e. The fourth-order valence-corrected chi connectivity index (χ4v) is 4.56. The quantitative estimate of drug-likeness (QED) is 0.656. The van der Waals surface area contributed by atoms with Crippen LogP contribution in [0, 0.1) is 6.92 Å². The predicted octanol–water partition coefficient (Wildman–Crippen LogP) is 3.96. The van der Waals surface area contributed by atoms with Gasteiger partial charge in [0.1, 0.15) is 29.7 Å². The van der Waals surface area contributed by atoms with Crippen LogP contribution < -0.4 is 18.9 Å². The van der Waals surface area contributed by atoms with E-state index in [-0.39, 0.29) is 17.6 Å². The number of hydrogen-bond donors (Lipinski definition) is 0. The Morgan fingerprint density at radius 1 is 1.22 bits per heavy atom. The summed E-state index contributed by atoms with van der Waals surface area (Å²) in [7, 11) is 3.19. The lowest BCUT2D eigenvalue weighted by atomic mass is 9.98. The van der Waals surface area contributed by atoms with E-state index >= 15 is 0 Å². The summed E-state index contributed by atoms with van der Waals surface area (Å²) >= 11 is 0. The van der Waals surface area contributed by atoms with Gasteiger partial charge in [-0.2, -0.15) is 0 Å². The van der Waals surface area contributed by atoms with Crippen LogP contribution in [0.3, 0.4) is 0 Å². The highest BCUT2D eigenvalue weighted by atomic mass is 16.5. The van der Waals surface area contributed by atoms with Crippen LogP contribution in [0.25, 0.3) is 6.08 Å². The number of nitrogens with zero attached hydrogens (tertiary/aromatic N) is 1. The molecule has 1 fully saturated rings. The molecule has 0 bridgehead atoms. The Morgan fingerprint density at radius 2 is 2.09 bits per heavy atom. The molecule has 32 heavy (non-hydrogen) atoms. The van der Waals surface area contributed by atoms with Gasteiger partial charge in [0.05, 0.1) is 31.5 Å². The number of benzene rings is 2. The maximum atomic E-state index is 13.3. The molecule has 0 saturated carbocycles. The number of methoxy groups -OCH3 is 2. The first kappa shape index (κ1) is 20.8. The van der Waals surface area contributed by atoms with Crippen LogP contribution in [-0.4, -0.2) is 50.9 Å². The molecule has 0 aliphatic carbocycles. The summed E-state index contributed by atoms with van der Waals surface area (Å²) in [6.45, 7) is 4.70. The fraction of sp³-hybridized carbons (Fsp3) is 0.400. The van der Waals surface area contributed by atoms with Crippen molar-refractivity contribution in [1.29, 1.82) is 0 Å². The minimum Gasteiger partial charge on any atom is -0.497 e. The number of carbonyl (C=O) groups is 1. The molecule has 7 heteroatoms. The van der Waals surface area contributed by atoms with Gasteiger partial charge in [0, 0.05) is 25.3 Å². The number of aryl methyl sites for hydroxylation is 1. The molecule has 1 atom stereocenters. The second-order valence-electron chi connectivity index (χ2n) is 8.34. The van der Waals surface area contributed by atoms with E-state index in [0.29, 0.717) is 41.7 Å². The Bertz CT molecular complexity index is 1090. The Hall–Kier alpha value is -3.03. The molecule has 0 radical (unpaired) electrons. The first-order chi connectivity index (χ1) is 15.6. The van der Waals surface area contributed by atoms with E-state index in [1.807, 2.05) is 31.2 Å². The van der Waals surface area contributed by atoms with Crippen LogP contribution in [0.15, 0.2) is 30.0 Å². The summed E-state index contributed by atoms with van der Waals surface area (Å²) in [4.78, 5) is 15.5. The van der Waals surface area contributed by atoms with E-state index in [1.165, 1.54) is 0 Å². The van der Waals surface area contributed by atoms with Gasteiger partial charge >= 0.3 is 0 Å². The topological polar surface area (TPSA) is 66.5 Å². The molecule has 3 aliphatic rings. The van der Waals surface area contributed by atoms with Gasteiger partial charge in [-0.05, 0) is 55.7 Å². The Balaban J connectivity index is 1.47. The van der Waals surface area contributed by atoms with Crippen LogP contribution in [0.2, 0.25) is 0 Å². The van der Waals surface area contributed by atoms with E-state index in [4.69, 9.17) is 23.7 Å². The SMILES string of the molecule is COc1ccc(OC)c(/C=C2\Oc3c4c(cc(C)c3C2=O)OCN(CC2CCCO2)C4)c1. The number of ketones is 1. The lowest BCUT2D eigenvalue weighted by Gasteiger charge is -2.31. The summed E-state index contributed by atoms with van der Waals surface area (Å²) < 4.78 is 28.8. The second-order valence-corrected chi connectivity index (χ2v) is 8.34. The van der Waals surface area contributed by atoms with Crippen LogP contribution in [0.4, 0.5) is 0 Å². The highest BCUT2D eigenvalue weighted by Gasteiger charge is 2.36. The fourth-order valence-electron chi connectivity index (χ4n) is 4.56. The summed E-state index contributed by atoms with van der Waals surface area (Å²) in [5.74, 6) is 2.80. The molecule has 5 rings (SSSR count). The van der Waals surface area contributed by atoms with Gasteiger partial charge in [-0.3, -0.25) is 9.69 Å². The Morgan fingerprint density at radius 3 is 2.84 bits per heavy atom. The van der Waals surface area contributed by atoms with Gasteiger partial charge < -0.3 is 23.7 Å². The largest absolute Gasteiger partial charge is 0.497 e. The monoisotopic (exact) mass is 437 g/mol. The second kappa shape index (κ2) is 8.48. The number of fused-ring (bicyclic) bond motifs is 3. The molecule has 3 aliphatic heterocycles. The third-order valence-electron chi connectivity index (χ3n) is 6.20. The predicted molar refractivity (Wildman–Crippen MR) is 119 cm³/mol. The average molecular weight is 437 g/mol. The van der Waals surface area contributed by atoms with Crippen molar-refractivity contribution >= 4 is 11.9 Å². The molecule has 0 spiro atoms. The molecule has 2 aromatic carbocycles. The lowest BCUT2D eigenvalue weighted by Crippen LogP contribution is -2.37. The molecular weight excluding hydrogens is 410 g/mol. The number of rotatable bonds is 5. The van der Waals surface area contributed by atoms with E-state index in [1.54, 1.807) is 20.3 Å². The third kappa shape index (κ3) is 3.72. The molecule has 0 amide bonds. The van der Waals surface area contributed by atoms with Crippen molar-refractivity contribution in [2.24, 2.45) is 0 Å². The standard InChI is InChI=1S/C25H27NO6/c1-15-9-21-19(13-26(14-31-21)12-18-5-4-8-30-18)25-23(15)24(27)22(32-25)11-16-10-17(28-2)6-7-20(16)29-3/h6-7,9-11,18H,4-5,8,12-14H2,1-3H3/b22-11-. The van der Waals surface area contributed by atoms with Crippen LogP contribution in [0.1, 0.15) is 39.9 Å². The summed E-state index contributed by atoms with van der Waals surface area (Å²) in [5, 5.41) is 0. The maximum absolute atomic E-state index is 13.3. The molecular formula is C25H27NO6. The third-order valence-corrected chi connectivity index (χ3v) is 6.20. The zero-order valence-electron chi connectivity index (χ0n) is 18.6. The highest BCUT2D eigenvalue weighted by molar-refractivity contribution is 6.16. The number of ether oxygens (including phenoxy) is 5. The van der Waals surface area contributed by atoms with E-state index < -0.39 is 0 Å². The lowest BCUT2D eigenvalue weighted by molar-refractivity contribution is 0.0273. The summed E-state index contributed by atoms with van der Waals surface area (Å²) in [6, 6.07) is 7.38. The Kier molecular flexibility index (Phi) is 5.53. The highest BCUT2D eigenvalue weighted by Crippen LogP contribution is 2.44. The summed E-state index contributed by atoms with van der Waals surface area (Å²) in [5.41, 5.74) is 3.06. The van der Waals surface area contributed by atoms with Crippen molar-refractivity contribution in [1.82, 2.24) is 4.90 Å². The van der Waals surface area contributed by atoms with Crippen LogP contribution in [-0.2, 0) is 11.3 Å². The molecule has 1 unspecified atom stereocenters. The van der Waals surface area contributed by atoms with Crippen LogP contribution in [0.5, 0.6) is 23.0 Å². The molecule has 1 saturated heterocycles. The van der Waals surface area contributed by atoms with E-state index in [2.05, 4.69) is 4.90 Å². The van der Waals surface area contributed by atoms with Gasteiger partial charge in [-0.25, -0.2) is 0 Å². The molecule has 0 aromatic heterocycles. The van der Waals surface area contributed by atoms with Crippen LogP contribution >= 0.6 is 0 Å². The molecule has 2 aromatic rings. The van der Waals surface area contributed by atoms with Gasteiger partial charge in [0.15, 0.2) is 5.76 Å². The van der Waals surface area contributed by atoms with Crippen molar-refractivity contribution in [3.63, 3.8) is 0 Å². The minimum atomic E-state index is -0.138. The van der Waals surface area contributed by atoms with Crippen molar-refractivity contribution < 1.29 is 28.5 Å². The van der Waals surface area contributed by atoms with Gasteiger partial charge in [0.25, 0.3) is 0 Å². The zero-order chi connectivity index (χ0) is 22.2. The first-order valence-corrected chi connectivity index (χ1v) is 10.9. The van der Waals surface area contributed by atoms with E-state index in [0.717, 1.165) is 42.9 Å². The van der Waals surface area contributed by atoms with E-state index in [9.17, 15) is 4.79 Å². The number of Topliss-reactive ketones (excluding diaryl/α,β-unsaturated/α-hetero) is 1. The molecule has 0 N–H and O–H groups in total. The molecule has 3 heterocycles. The van der Waals surface area contributed by atoms with Crippen molar-refractivity contribution in [2.45, 2.75) is 32.4 Å². The van der Waals surface area contributed by atoms with Crippen molar-refractivity contribution in [2.75, 3.05) is 34.1 Å². The number of allylic oxidation sites excluding steroid dienone is 1. The Labute approximate surface area is 187 Å². The van der Waals surface area contributed by atoms with Gasteiger partial charge in [-0.15, -0.1) is 0 Å². The normalized spacial score (nSPS) is 21.2. The van der Waals surface area contributed by atoms with Gasteiger partial charge in [0.2, 0.25) is 5.78 Å². The van der Waals surface area contributed by atoms with Gasteiger partial charge in [-0.1, -0.05) is 0 Å². The molecule has 7 nitrogen and oxygen atoms in total. The number of hydrogen-bond acceptors (Lipinski definition) is 7. The van der Waals surface area contributed by atoms with Crippen molar-refractivity contribution in [3.8, 4) is 23.0 Å². The average Bonchev–Trinajstić information content (AvgIpc) is 3.42. The first-order valence-electron chi connectivity index (χ1n) is 10.9.